The molecule has 0 radical (unpaired) electrons. The van der Waals surface area contributed by atoms with Crippen LogP contribution in [0.4, 0.5) is 0 Å². The summed E-state index contributed by atoms with van der Waals surface area (Å²) in [5, 5.41) is 55.4. The first-order valence-corrected chi connectivity index (χ1v) is 4.26. The molecule has 14 heteroatoms. The van der Waals surface area contributed by atoms with Crippen molar-refractivity contribution in [1.82, 2.24) is 61.4 Å². The normalized spacial score (nSPS) is 10.7. The van der Waals surface area contributed by atoms with Gasteiger partial charge in [0.05, 0.1) is 0 Å². The molecule has 0 amide bonds. The Bertz CT molecular complexity index is 627. The third-order valence-electron chi connectivity index (χ3n) is 1.86. The van der Waals surface area contributed by atoms with Crippen molar-refractivity contribution in [3.63, 3.8) is 0 Å². The van der Waals surface area contributed by atoms with E-state index in [0.717, 1.165) is 0 Å². The summed E-state index contributed by atoms with van der Waals surface area (Å²) in [6.45, 7) is 0. The van der Waals surface area contributed by atoms with Crippen LogP contribution in [-0.2, 0) is 0 Å². The van der Waals surface area contributed by atoms with Crippen LogP contribution < -0.4 is 0 Å². The third-order valence-corrected chi connectivity index (χ3v) is 1.86. The average molecular weight is 248 g/mol. The molecule has 90 valence electrons. The van der Waals surface area contributed by atoms with Crippen molar-refractivity contribution in [2.45, 2.75) is 0 Å². The molecule has 3 rings (SSSR count). The second-order valence-electron chi connectivity index (χ2n) is 2.83. The molecule has 3 heterocycles. The Morgan fingerprint density at radius 3 is 1.39 bits per heavy atom. The molecule has 0 aromatic carbocycles. The molecule has 0 spiro atoms. The number of tetrazole rings is 2. The van der Waals surface area contributed by atoms with Crippen molar-refractivity contribution >= 4 is 0 Å². The molecule has 14 nitrogen and oxygen atoms in total. The van der Waals surface area contributed by atoms with Crippen LogP contribution in [0.2, 0.25) is 0 Å². The lowest BCUT2D eigenvalue weighted by Crippen LogP contribution is -2.06. The van der Waals surface area contributed by atoms with Crippen molar-refractivity contribution in [3.05, 3.63) is 10.4 Å². The van der Waals surface area contributed by atoms with Crippen molar-refractivity contribution in [1.29, 1.82) is 0 Å². The van der Waals surface area contributed by atoms with Crippen LogP contribution in [0.25, 0.3) is 23.0 Å². The molecule has 0 saturated carbocycles. The quantitative estimate of drug-likeness (QED) is 0.456. The second kappa shape index (κ2) is 3.61. The van der Waals surface area contributed by atoms with Gasteiger partial charge in [0.1, 0.15) is 0 Å². The van der Waals surface area contributed by atoms with E-state index in [-0.39, 0.29) is 32.7 Å². The summed E-state index contributed by atoms with van der Waals surface area (Å²) in [6, 6.07) is 0. The van der Waals surface area contributed by atoms with Gasteiger partial charge in [-0.2, -0.15) is 0 Å². The zero-order valence-electron chi connectivity index (χ0n) is 8.18. The Hall–Kier alpha value is -3.32. The van der Waals surface area contributed by atoms with E-state index in [9.17, 15) is 10.4 Å². The maximum Gasteiger partial charge on any atom is 0.201 e. The summed E-state index contributed by atoms with van der Waals surface area (Å²) in [5.41, 5.74) is -0.311. The SMILES string of the molecule is [O-]n1nnnc1-c1nnnnc1-c1nnnn1[O-]. The minimum absolute atomic E-state index is 0.0914. The lowest BCUT2D eigenvalue weighted by Gasteiger charge is -2.08. The molecular formula is C4N12O2-2. The molecule has 0 atom stereocenters. The summed E-state index contributed by atoms with van der Waals surface area (Å²) in [4.78, 5) is 0.183. The highest BCUT2D eigenvalue weighted by molar-refractivity contribution is 5.68. The Kier molecular flexibility index (Phi) is 1.98. The number of hydrogen-bond acceptors (Lipinski definition) is 12. The first-order chi connectivity index (χ1) is 8.77. The van der Waals surface area contributed by atoms with E-state index < -0.39 is 0 Å². The third kappa shape index (κ3) is 1.36. The fourth-order valence-electron chi connectivity index (χ4n) is 1.16. The topological polar surface area (TPSA) is 185 Å². The summed E-state index contributed by atoms with van der Waals surface area (Å²) in [7, 11) is 0. The van der Waals surface area contributed by atoms with Crippen LogP contribution in [0, 0.1) is 10.4 Å². The van der Waals surface area contributed by atoms with Gasteiger partial charge in [-0.3, -0.25) is 9.69 Å². The van der Waals surface area contributed by atoms with E-state index >= 15 is 0 Å². The standard InChI is InChI=1S/C4N12O2/c17-15-3(7-11-13-15)1-2(6-10-9-5-1)4-8-12-14-16(4)18/q-2. The molecule has 0 saturated heterocycles. The molecule has 0 aliphatic heterocycles. The number of aromatic nitrogens is 12. The second-order valence-corrected chi connectivity index (χ2v) is 2.83. The first kappa shape index (κ1) is 9.87. The largest absolute Gasteiger partial charge is 0.788 e. The van der Waals surface area contributed by atoms with Crippen LogP contribution in [0.1, 0.15) is 0 Å². The van der Waals surface area contributed by atoms with Crippen LogP contribution in [0.3, 0.4) is 0 Å². The van der Waals surface area contributed by atoms with Gasteiger partial charge >= 0.3 is 0 Å². The zero-order valence-corrected chi connectivity index (χ0v) is 8.18. The minimum atomic E-state index is -0.296. The Morgan fingerprint density at radius 1 is 0.611 bits per heavy atom. The Balaban J connectivity index is 2.24. The van der Waals surface area contributed by atoms with Gasteiger partial charge in [-0.25, -0.2) is 0 Å². The highest BCUT2D eigenvalue weighted by Crippen LogP contribution is 2.22. The monoisotopic (exact) mass is 248 g/mol. The highest BCUT2D eigenvalue weighted by Gasteiger charge is 2.19. The molecule has 0 bridgehead atoms. The van der Waals surface area contributed by atoms with Crippen molar-refractivity contribution in [3.8, 4) is 23.0 Å². The summed E-state index contributed by atoms with van der Waals surface area (Å²) in [6.07, 6.45) is 0. The lowest BCUT2D eigenvalue weighted by molar-refractivity contribution is 0.751. The maximum absolute atomic E-state index is 11.3. The number of nitrogens with zero attached hydrogens (tertiary/aromatic N) is 12. The highest BCUT2D eigenvalue weighted by atomic mass is 16.5. The Morgan fingerprint density at radius 2 is 1.06 bits per heavy atom. The molecule has 0 aliphatic rings. The van der Waals surface area contributed by atoms with Crippen LogP contribution >= 0.6 is 0 Å². The zero-order chi connectivity index (χ0) is 12.5. The van der Waals surface area contributed by atoms with Gasteiger partial charge in [0.25, 0.3) is 0 Å². The first-order valence-electron chi connectivity index (χ1n) is 4.26. The molecular weight excluding hydrogens is 248 g/mol. The number of rotatable bonds is 2. The van der Waals surface area contributed by atoms with Gasteiger partial charge in [-0.15, -0.1) is 20.4 Å². The Labute approximate surface area is 95.8 Å². The van der Waals surface area contributed by atoms with Crippen molar-refractivity contribution in [2.24, 2.45) is 0 Å². The van der Waals surface area contributed by atoms with E-state index in [4.69, 9.17) is 0 Å². The van der Waals surface area contributed by atoms with E-state index in [0.29, 0.717) is 0 Å². The van der Waals surface area contributed by atoms with E-state index in [2.05, 4.69) is 51.7 Å². The molecule has 0 unspecified atom stereocenters. The predicted molar refractivity (Wildman–Crippen MR) is 48.8 cm³/mol. The average Bonchev–Trinajstić information content (AvgIpc) is 2.98. The van der Waals surface area contributed by atoms with Crippen molar-refractivity contribution < 1.29 is 0 Å². The fraction of sp³-hybridized carbons (Fsp3) is 0. The van der Waals surface area contributed by atoms with Crippen LogP contribution in [-0.4, -0.2) is 61.4 Å². The summed E-state index contributed by atoms with van der Waals surface area (Å²) >= 11 is 0. The predicted octanol–water partition coefficient (Wildman–Crippen LogP) is -2.73. The van der Waals surface area contributed by atoms with Crippen LogP contribution in [0.5, 0.6) is 0 Å². The van der Waals surface area contributed by atoms with Crippen LogP contribution in [0.15, 0.2) is 0 Å². The minimum Gasteiger partial charge on any atom is -0.788 e. The molecule has 0 N–H and O–H groups in total. The van der Waals surface area contributed by atoms with Crippen molar-refractivity contribution in [2.75, 3.05) is 0 Å². The lowest BCUT2D eigenvalue weighted by atomic mass is 10.3. The summed E-state index contributed by atoms with van der Waals surface area (Å²) in [5.74, 6) is -0.592. The maximum atomic E-state index is 11.3. The molecule has 3 aromatic heterocycles. The van der Waals surface area contributed by atoms with Gasteiger partial charge < -0.3 is 10.4 Å². The molecule has 0 aliphatic carbocycles. The van der Waals surface area contributed by atoms with E-state index in [1.54, 1.807) is 0 Å². The van der Waals surface area contributed by atoms with Gasteiger partial charge in [-0.1, -0.05) is 0 Å². The van der Waals surface area contributed by atoms with E-state index in [1.807, 2.05) is 0 Å². The van der Waals surface area contributed by atoms with Gasteiger partial charge in [0.15, 0.2) is 11.4 Å². The van der Waals surface area contributed by atoms with Gasteiger partial charge in [0, 0.05) is 0 Å². The fourth-order valence-corrected chi connectivity index (χ4v) is 1.16. The van der Waals surface area contributed by atoms with Gasteiger partial charge in [0.2, 0.25) is 11.6 Å². The van der Waals surface area contributed by atoms with E-state index in [1.165, 1.54) is 0 Å². The molecule has 3 aromatic rings. The molecule has 18 heavy (non-hydrogen) atoms. The molecule has 0 fully saturated rings. The smallest absolute Gasteiger partial charge is 0.201 e. The summed E-state index contributed by atoms with van der Waals surface area (Å²) < 4.78 is 0. The number of hydrogen-bond donors (Lipinski definition) is 0. The van der Waals surface area contributed by atoms with Gasteiger partial charge in [-0.05, 0) is 31.3 Å².